The predicted octanol–water partition coefficient (Wildman–Crippen LogP) is 2.65. The number of rotatable bonds is 6. The van der Waals surface area contributed by atoms with Crippen LogP contribution in [0.2, 0.25) is 0 Å². The van der Waals surface area contributed by atoms with Crippen LogP contribution in [-0.2, 0) is 13.1 Å². The number of aromatic amines is 1. The Kier molecular flexibility index (Phi) is 4.74. The van der Waals surface area contributed by atoms with E-state index < -0.39 is 0 Å². The lowest BCUT2D eigenvalue weighted by atomic mass is 10.1. The molecule has 0 saturated heterocycles. The molecule has 0 unspecified atom stereocenters. The molecule has 2 aromatic heterocycles. The predicted molar refractivity (Wildman–Crippen MR) is 101 cm³/mol. The number of carbonyl (C=O) groups excluding carboxylic acids is 1. The van der Waals surface area contributed by atoms with Crippen LogP contribution in [0.15, 0.2) is 73.3 Å². The smallest absolute Gasteiger partial charge is 0.254 e. The van der Waals surface area contributed by atoms with Gasteiger partial charge < -0.3 is 5.32 Å². The van der Waals surface area contributed by atoms with E-state index in [0.717, 1.165) is 16.7 Å². The van der Waals surface area contributed by atoms with Gasteiger partial charge in [-0.15, -0.1) is 0 Å². The van der Waals surface area contributed by atoms with Crippen molar-refractivity contribution in [1.82, 2.24) is 30.3 Å². The minimum atomic E-state index is -0.153. The number of nitrogens with one attached hydrogen (secondary N) is 2. The maximum Gasteiger partial charge on any atom is 0.254 e. The summed E-state index contributed by atoms with van der Waals surface area (Å²) in [6, 6.07) is 17.8. The minimum absolute atomic E-state index is 0.153. The monoisotopic (exact) mass is 358 g/mol. The highest BCUT2D eigenvalue weighted by Gasteiger charge is 2.09. The summed E-state index contributed by atoms with van der Waals surface area (Å²) in [5.41, 5.74) is 3.58. The summed E-state index contributed by atoms with van der Waals surface area (Å²) in [5, 5.41) is 13.9. The van der Waals surface area contributed by atoms with Gasteiger partial charge in [-0.05, 0) is 17.2 Å². The molecular weight excluding hydrogens is 340 g/mol. The van der Waals surface area contributed by atoms with Crippen LogP contribution in [0.1, 0.15) is 21.5 Å². The topological polar surface area (TPSA) is 88.5 Å². The summed E-state index contributed by atoms with van der Waals surface area (Å²) < 4.78 is 1.76. The highest BCUT2D eigenvalue weighted by molar-refractivity contribution is 5.93. The van der Waals surface area contributed by atoms with Gasteiger partial charge in [0.05, 0.1) is 18.3 Å². The van der Waals surface area contributed by atoms with Crippen molar-refractivity contribution in [3.05, 3.63) is 90.0 Å². The molecule has 0 bridgehead atoms. The molecule has 4 rings (SSSR count). The highest BCUT2D eigenvalue weighted by atomic mass is 16.1. The summed E-state index contributed by atoms with van der Waals surface area (Å²) in [5.74, 6) is 0.546. The van der Waals surface area contributed by atoms with E-state index >= 15 is 0 Å². The third-order valence-electron chi connectivity index (χ3n) is 4.15. The number of hydrogen-bond acceptors (Lipinski definition) is 4. The lowest BCUT2D eigenvalue weighted by Crippen LogP contribution is -2.22. The van der Waals surface area contributed by atoms with Gasteiger partial charge in [0.1, 0.15) is 6.33 Å². The third kappa shape index (κ3) is 4.09. The zero-order chi connectivity index (χ0) is 18.5. The van der Waals surface area contributed by atoms with Gasteiger partial charge in [-0.25, -0.2) is 4.98 Å². The van der Waals surface area contributed by atoms with Gasteiger partial charge in [-0.1, -0.05) is 48.5 Å². The molecule has 0 saturated carbocycles. The first-order valence-corrected chi connectivity index (χ1v) is 8.57. The molecule has 0 radical (unpaired) electrons. The Bertz CT molecular complexity index is 1020. The molecule has 0 aliphatic rings. The second-order valence-electron chi connectivity index (χ2n) is 6.13. The van der Waals surface area contributed by atoms with Crippen LogP contribution in [0, 0.1) is 0 Å². The molecule has 2 aromatic carbocycles. The van der Waals surface area contributed by atoms with Gasteiger partial charge in [0.25, 0.3) is 5.91 Å². The summed E-state index contributed by atoms with van der Waals surface area (Å²) in [6.45, 7) is 1.05. The maximum absolute atomic E-state index is 12.4. The van der Waals surface area contributed by atoms with E-state index in [0.29, 0.717) is 24.5 Å². The van der Waals surface area contributed by atoms with E-state index in [1.165, 1.54) is 6.33 Å². The van der Waals surface area contributed by atoms with Crippen molar-refractivity contribution < 1.29 is 4.79 Å². The fourth-order valence-corrected chi connectivity index (χ4v) is 2.80. The lowest BCUT2D eigenvalue weighted by molar-refractivity contribution is 0.0951. The number of nitrogens with zero attached hydrogens (tertiary/aromatic N) is 4. The first kappa shape index (κ1) is 16.7. The van der Waals surface area contributed by atoms with Crippen molar-refractivity contribution in [3.8, 4) is 11.4 Å². The van der Waals surface area contributed by atoms with Crippen LogP contribution < -0.4 is 5.32 Å². The molecule has 27 heavy (non-hydrogen) atoms. The molecule has 0 spiro atoms. The van der Waals surface area contributed by atoms with Crippen molar-refractivity contribution in [2.45, 2.75) is 13.1 Å². The molecule has 0 atom stereocenters. The first-order valence-electron chi connectivity index (χ1n) is 8.57. The molecule has 2 heterocycles. The van der Waals surface area contributed by atoms with Crippen LogP contribution >= 0.6 is 0 Å². The fraction of sp³-hybridized carbons (Fsp3) is 0.100. The Balaban J connectivity index is 1.38. The van der Waals surface area contributed by atoms with E-state index in [-0.39, 0.29) is 5.91 Å². The average Bonchev–Trinajstić information content (AvgIpc) is 3.39. The standard InChI is InChI=1S/C20H18N6O/c27-20(18-11-24-26(13-18)12-15-5-2-1-3-6-15)21-10-16-7-4-8-17(9-16)19-22-14-23-25-19/h1-9,11,13-14H,10,12H2,(H,21,27)(H,22,23,25). The number of benzene rings is 2. The summed E-state index contributed by atoms with van der Waals surface area (Å²) >= 11 is 0. The maximum atomic E-state index is 12.4. The lowest BCUT2D eigenvalue weighted by Gasteiger charge is -2.05. The number of H-pyrrole nitrogens is 1. The highest BCUT2D eigenvalue weighted by Crippen LogP contribution is 2.15. The molecular formula is C20H18N6O. The summed E-state index contributed by atoms with van der Waals surface area (Å²) in [4.78, 5) is 16.5. The zero-order valence-electron chi connectivity index (χ0n) is 14.5. The van der Waals surface area contributed by atoms with Crippen LogP contribution in [0.5, 0.6) is 0 Å². The number of carbonyl (C=O) groups is 1. The third-order valence-corrected chi connectivity index (χ3v) is 4.15. The Labute approximate surface area is 156 Å². The molecule has 134 valence electrons. The van der Waals surface area contributed by atoms with Gasteiger partial charge in [0.2, 0.25) is 0 Å². The Morgan fingerprint density at radius 1 is 1.07 bits per heavy atom. The van der Waals surface area contributed by atoms with Gasteiger partial charge in [0, 0.05) is 18.3 Å². The van der Waals surface area contributed by atoms with Crippen LogP contribution in [0.4, 0.5) is 0 Å². The van der Waals surface area contributed by atoms with Crippen molar-refractivity contribution in [2.24, 2.45) is 0 Å². The van der Waals surface area contributed by atoms with Crippen molar-refractivity contribution in [3.63, 3.8) is 0 Å². The quantitative estimate of drug-likeness (QED) is 0.555. The Morgan fingerprint density at radius 3 is 2.74 bits per heavy atom. The van der Waals surface area contributed by atoms with E-state index in [1.54, 1.807) is 17.1 Å². The summed E-state index contributed by atoms with van der Waals surface area (Å²) in [6.07, 6.45) is 4.81. The number of aromatic nitrogens is 5. The largest absolute Gasteiger partial charge is 0.348 e. The van der Waals surface area contributed by atoms with Crippen LogP contribution in [0.3, 0.4) is 0 Å². The van der Waals surface area contributed by atoms with E-state index in [2.05, 4.69) is 25.6 Å². The van der Waals surface area contributed by atoms with Crippen LogP contribution in [0.25, 0.3) is 11.4 Å². The molecule has 1 amide bonds. The Morgan fingerprint density at radius 2 is 1.93 bits per heavy atom. The van der Waals surface area contributed by atoms with Gasteiger partial charge in [-0.2, -0.15) is 10.2 Å². The average molecular weight is 358 g/mol. The van der Waals surface area contributed by atoms with Crippen molar-refractivity contribution >= 4 is 5.91 Å². The van der Waals surface area contributed by atoms with Crippen molar-refractivity contribution in [2.75, 3.05) is 0 Å². The second kappa shape index (κ2) is 7.65. The van der Waals surface area contributed by atoms with E-state index in [1.807, 2.05) is 54.6 Å². The fourth-order valence-electron chi connectivity index (χ4n) is 2.80. The molecule has 7 heteroatoms. The number of hydrogen-bond donors (Lipinski definition) is 2. The summed E-state index contributed by atoms with van der Waals surface area (Å²) in [7, 11) is 0. The van der Waals surface area contributed by atoms with Crippen molar-refractivity contribution in [1.29, 1.82) is 0 Å². The van der Waals surface area contributed by atoms with Crippen LogP contribution in [-0.4, -0.2) is 30.9 Å². The SMILES string of the molecule is O=C(NCc1cccc(-c2ncn[nH]2)c1)c1cnn(Cc2ccccc2)c1. The molecule has 0 fully saturated rings. The molecule has 0 aliphatic carbocycles. The van der Waals surface area contributed by atoms with Gasteiger partial charge in [0.15, 0.2) is 5.82 Å². The first-order chi connectivity index (χ1) is 13.3. The zero-order valence-corrected chi connectivity index (χ0v) is 14.5. The Hall–Kier alpha value is -3.74. The number of amides is 1. The second-order valence-corrected chi connectivity index (χ2v) is 6.13. The normalized spacial score (nSPS) is 10.7. The van der Waals surface area contributed by atoms with E-state index in [9.17, 15) is 4.79 Å². The molecule has 2 N–H and O–H groups in total. The van der Waals surface area contributed by atoms with Gasteiger partial charge >= 0.3 is 0 Å². The molecule has 7 nitrogen and oxygen atoms in total. The van der Waals surface area contributed by atoms with E-state index in [4.69, 9.17) is 0 Å². The molecule has 4 aromatic rings. The van der Waals surface area contributed by atoms with Gasteiger partial charge in [-0.3, -0.25) is 14.6 Å². The minimum Gasteiger partial charge on any atom is -0.348 e. The molecule has 0 aliphatic heterocycles.